The molecule has 1 aromatic heterocycles. The van der Waals surface area contributed by atoms with E-state index in [9.17, 15) is 4.79 Å². The molecule has 2 N–H and O–H groups in total. The number of hydrogen-bond acceptors (Lipinski definition) is 4. The van der Waals surface area contributed by atoms with E-state index in [1.54, 1.807) is 12.4 Å². The number of amides is 1. The highest BCUT2D eigenvalue weighted by molar-refractivity contribution is 9.10. The maximum absolute atomic E-state index is 12.0. The molecule has 3 aromatic rings. The topological polar surface area (TPSA) is 70.1 Å². The zero-order chi connectivity index (χ0) is 19.1. The molecule has 0 aliphatic heterocycles. The van der Waals surface area contributed by atoms with E-state index in [0.717, 1.165) is 37.1 Å². The summed E-state index contributed by atoms with van der Waals surface area (Å²) in [4.78, 5) is 12.0. The molecule has 0 atom stereocenters. The third kappa shape index (κ3) is 5.79. The fourth-order valence-electron chi connectivity index (χ4n) is 2.32. The number of aromatic nitrogens is 2. The number of benzene rings is 2. The molecule has 0 saturated heterocycles. The summed E-state index contributed by atoms with van der Waals surface area (Å²) >= 11 is 8.47. The minimum Gasteiger partial charge on any atom is -0.277 e. The van der Waals surface area contributed by atoms with Crippen LogP contribution in [-0.4, -0.2) is 28.1 Å². The van der Waals surface area contributed by atoms with Crippen molar-refractivity contribution in [3.05, 3.63) is 74.8 Å². The number of aromatic amines is 1. The van der Waals surface area contributed by atoms with Gasteiger partial charge in [0.05, 0.1) is 23.9 Å². The molecule has 0 saturated carbocycles. The first-order valence-electron chi connectivity index (χ1n) is 8.06. The Hall–Kier alpha value is -1.90. The molecule has 0 fully saturated rings. The lowest BCUT2D eigenvalue weighted by atomic mass is 10.1. The molecule has 27 heavy (non-hydrogen) atoms. The predicted molar refractivity (Wildman–Crippen MR) is 118 cm³/mol. The Labute approximate surface area is 178 Å². The van der Waals surface area contributed by atoms with Crippen molar-refractivity contribution in [1.29, 1.82) is 0 Å². The van der Waals surface area contributed by atoms with Gasteiger partial charge in [-0.1, -0.05) is 62.2 Å². The quantitative estimate of drug-likeness (QED) is 0.349. The first-order valence-corrected chi connectivity index (χ1v) is 10.8. The number of carbonyl (C=O) groups is 1. The third-order valence-electron chi connectivity index (χ3n) is 3.64. The first kappa shape index (κ1) is 19.9. The Balaban J connectivity index is 1.51. The van der Waals surface area contributed by atoms with Crippen LogP contribution in [0.25, 0.3) is 11.3 Å². The minimum absolute atomic E-state index is 0.142. The highest BCUT2D eigenvalue weighted by atomic mass is 79.9. The SMILES string of the molecule is O=C(CSCc1ccccc1Br)N/N=C\c1cn[nH]c1-c1ccc(Br)cc1. The molecular weight excluding hydrogens is 492 g/mol. The van der Waals surface area contributed by atoms with Crippen LogP contribution in [0.1, 0.15) is 11.1 Å². The summed E-state index contributed by atoms with van der Waals surface area (Å²) in [6.07, 6.45) is 3.27. The summed E-state index contributed by atoms with van der Waals surface area (Å²) in [5, 5.41) is 11.1. The number of hydrazone groups is 1. The van der Waals surface area contributed by atoms with Gasteiger partial charge in [-0.3, -0.25) is 9.89 Å². The van der Waals surface area contributed by atoms with Gasteiger partial charge < -0.3 is 0 Å². The van der Waals surface area contributed by atoms with Crippen molar-refractivity contribution >= 4 is 55.7 Å². The maximum Gasteiger partial charge on any atom is 0.250 e. The van der Waals surface area contributed by atoms with E-state index in [2.05, 4.69) is 52.6 Å². The van der Waals surface area contributed by atoms with Gasteiger partial charge in [-0.25, -0.2) is 5.43 Å². The number of hydrogen-bond donors (Lipinski definition) is 2. The third-order valence-corrected chi connectivity index (χ3v) is 5.93. The van der Waals surface area contributed by atoms with Crippen LogP contribution in [0.2, 0.25) is 0 Å². The Morgan fingerprint density at radius 3 is 2.74 bits per heavy atom. The molecular formula is C19H16Br2N4OS. The largest absolute Gasteiger partial charge is 0.277 e. The van der Waals surface area contributed by atoms with E-state index < -0.39 is 0 Å². The predicted octanol–water partition coefficient (Wildman–Crippen LogP) is 4.99. The summed E-state index contributed by atoms with van der Waals surface area (Å²) in [5.41, 5.74) is 6.37. The van der Waals surface area contributed by atoms with Crippen molar-refractivity contribution in [2.75, 3.05) is 5.75 Å². The average Bonchev–Trinajstić information content (AvgIpc) is 3.12. The fourth-order valence-corrected chi connectivity index (χ4v) is 4.01. The standard InChI is InChI=1S/C19H16Br2N4OS/c20-16-7-5-13(6-8-16)19-15(10-23-25-19)9-22-24-18(26)12-27-11-14-3-1-2-4-17(14)21/h1-10H,11-12H2,(H,23,25)(H,24,26)/b22-9-. The number of carbonyl (C=O) groups excluding carboxylic acids is 1. The number of H-pyrrole nitrogens is 1. The number of nitrogens with zero attached hydrogens (tertiary/aromatic N) is 2. The molecule has 0 unspecified atom stereocenters. The van der Waals surface area contributed by atoms with E-state index in [0.29, 0.717) is 5.75 Å². The van der Waals surface area contributed by atoms with E-state index in [1.807, 2.05) is 48.5 Å². The minimum atomic E-state index is -0.142. The zero-order valence-electron chi connectivity index (χ0n) is 14.2. The smallest absolute Gasteiger partial charge is 0.250 e. The van der Waals surface area contributed by atoms with Crippen LogP contribution >= 0.6 is 43.6 Å². The molecule has 8 heteroatoms. The molecule has 3 rings (SSSR count). The van der Waals surface area contributed by atoms with Crippen molar-refractivity contribution in [3.63, 3.8) is 0 Å². The van der Waals surface area contributed by atoms with Crippen LogP contribution in [0.3, 0.4) is 0 Å². The normalized spacial score (nSPS) is 11.0. The summed E-state index contributed by atoms with van der Waals surface area (Å²) < 4.78 is 2.06. The Bertz CT molecular complexity index is 941. The lowest BCUT2D eigenvalue weighted by Gasteiger charge is -2.03. The molecule has 1 heterocycles. The highest BCUT2D eigenvalue weighted by Crippen LogP contribution is 2.22. The van der Waals surface area contributed by atoms with E-state index >= 15 is 0 Å². The number of thioether (sulfide) groups is 1. The maximum atomic E-state index is 12.0. The van der Waals surface area contributed by atoms with Gasteiger partial charge in [0.2, 0.25) is 5.91 Å². The molecule has 2 aromatic carbocycles. The molecule has 0 spiro atoms. The van der Waals surface area contributed by atoms with Gasteiger partial charge in [-0.05, 0) is 23.8 Å². The van der Waals surface area contributed by atoms with Crippen molar-refractivity contribution < 1.29 is 4.79 Å². The monoisotopic (exact) mass is 506 g/mol. The van der Waals surface area contributed by atoms with Crippen LogP contribution in [0.5, 0.6) is 0 Å². The highest BCUT2D eigenvalue weighted by Gasteiger charge is 2.06. The van der Waals surface area contributed by atoms with Gasteiger partial charge in [0, 0.05) is 25.8 Å². The number of halogens is 2. The zero-order valence-corrected chi connectivity index (χ0v) is 18.1. The van der Waals surface area contributed by atoms with Crippen molar-refractivity contribution in [2.45, 2.75) is 5.75 Å². The van der Waals surface area contributed by atoms with Gasteiger partial charge in [0.1, 0.15) is 0 Å². The van der Waals surface area contributed by atoms with Gasteiger partial charge >= 0.3 is 0 Å². The van der Waals surface area contributed by atoms with Crippen LogP contribution in [-0.2, 0) is 10.5 Å². The molecule has 5 nitrogen and oxygen atoms in total. The van der Waals surface area contributed by atoms with Crippen LogP contribution < -0.4 is 5.43 Å². The lowest BCUT2D eigenvalue weighted by Crippen LogP contribution is -2.19. The molecule has 0 radical (unpaired) electrons. The second-order valence-electron chi connectivity index (χ2n) is 5.58. The van der Waals surface area contributed by atoms with Crippen LogP contribution in [0, 0.1) is 0 Å². The fraction of sp³-hybridized carbons (Fsp3) is 0.105. The van der Waals surface area contributed by atoms with E-state index in [1.165, 1.54) is 11.8 Å². The molecule has 0 aliphatic rings. The van der Waals surface area contributed by atoms with Crippen LogP contribution in [0.15, 0.2) is 68.8 Å². The van der Waals surface area contributed by atoms with Gasteiger partial charge in [0.15, 0.2) is 0 Å². The summed E-state index contributed by atoms with van der Waals surface area (Å²) in [5.74, 6) is 0.953. The Morgan fingerprint density at radius 1 is 1.19 bits per heavy atom. The Morgan fingerprint density at radius 2 is 1.96 bits per heavy atom. The van der Waals surface area contributed by atoms with Gasteiger partial charge in [-0.15, -0.1) is 11.8 Å². The average molecular weight is 508 g/mol. The molecule has 138 valence electrons. The van der Waals surface area contributed by atoms with E-state index in [-0.39, 0.29) is 5.91 Å². The van der Waals surface area contributed by atoms with Crippen molar-refractivity contribution in [2.24, 2.45) is 5.10 Å². The summed E-state index contributed by atoms with van der Waals surface area (Å²) in [6, 6.07) is 15.9. The summed E-state index contributed by atoms with van der Waals surface area (Å²) in [6.45, 7) is 0. The summed E-state index contributed by atoms with van der Waals surface area (Å²) in [7, 11) is 0. The van der Waals surface area contributed by atoms with Crippen molar-refractivity contribution in [3.8, 4) is 11.3 Å². The number of rotatable bonds is 7. The molecule has 0 bridgehead atoms. The van der Waals surface area contributed by atoms with E-state index in [4.69, 9.17) is 0 Å². The Kier molecular flexibility index (Phi) is 7.25. The van der Waals surface area contributed by atoms with Crippen molar-refractivity contribution in [1.82, 2.24) is 15.6 Å². The lowest BCUT2D eigenvalue weighted by molar-refractivity contribution is -0.118. The second-order valence-corrected chi connectivity index (χ2v) is 8.34. The van der Waals surface area contributed by atoms with Gasteiger partial charge in [-0.2, -0.15) is 10.2 Å². The molecule has 1 amide bonds. The first-order chi connectivity index (χ1) is 13.1. The number of nitrogens with one attached hydrogen (secondary N) is 2. The van der Waals surface area contributed by atoms with Gasteiger partial charge in [0.25, 0.3) is 0 Å². The second kappa shape index (κ2) is 9.87. The van der Waals surface area contributed by atoms with Crippen LogP contribution in [0.4, 0.5) is 0 Å². The molecule has 0 aliphatic carbocycles.